The molecule has 0 aromatic heterocycles. The highest BCUT2D eigenvalue weighted by atomic mass is 16.7. The molecule has 5 rings (SSSR count). The highest BCUT2D eigenvalue weighted by molar-refractivity contribution is 6.24. The van der Waals surface area contributed by atoms with Gasteiger partial charge < -0.3 is 14.2 Å². The van der Waals surface area contributed by atoms with Crippen LogP contribution in [0.15, 0.2) is 72.8 Å². The lowest BCUT2D eigenvalue weighted by Crippen LogP contribution is -2.37. The van der Waals surface area contributed by atoms with Crippen LogP contribution in [-0.2, 0) is 14.4 Å². The number of nitrogens with zero attached hydrogens (tertiary/aromatic N) is 2. The molecule has 0 bridgehead atoms. The van der Waals surface area contributed by atoms with Gasteiger partial charge in [0.05, 0.1) is 38.2 Å². The Labute approximate surface area is 216 Å². The number of hydrogen-bond acceptors (Lipinski definition) is 7. The number of hydroxylamine groups is 1. The molecule has 0 N–H and O–H groups in total. The molecule has 0 aliphatic carbocycles. The fraction of sp³-hybridized carbons (Fsp3) is 0.310. The summed E-state index contributed by atoms with van der Waals surface area (Å²) in [5.41, 5.74) is 1.92. The Bertz CT molecular complexity index is 1280. The van der Waals surface area contributed by atoms with E-state index in [-0.39, 0.29) is 5.91 Å². The van der Waals surface area contributed by atoms with Gasteiger partial charge in [-0.25, -0.2) is 9.96 Å². The Morgan fingerprint density at radius 1 is 0.838 bits per heavy atom. The second kappa shape index (κ2) is 10.5. The number of hydrogen-bond donors (Lipinski definition) is 0. The summed E-state index contributed by atoms with van der Waals surface area (Å²) in [4.78, 5) is 34.9. The zero-order valence-electron chi connectivity index (χ0n) is 21.1. The minimum absolute atomic E-state index is 0.342. The molecule has 8 nitrogen and oxygen atoms in total. The van der Waals surface area contributed by atoms with Crippen LogP contribution in [0.5, 0.6) is 17.2 Å². The van der Waals surface area contributed by atoms with Crippen molar-refractivity contribution in [2.45, 2.75) is 31.9 Å². The predicted octanol–water partition coefficient (Wildman–Crippen LogP) is 4.93. The van der Waals surface area contributed by atoms with E-state index in [2.05, 4.69) is 6.92 Å². The van der Waals surface area contributed by atoms with E-state index in [9.17, 15) is 9.59 Å². The Morgan fingerprint density at radius 2 is 1.57 bits per heavy atom. The average Bonchev–Trinajstić information content (AvgIpc) is 3.45. The van der Waals surface area contributed by atoms with E-state index in [1.54, 1.807) is 36.4 Å². The Balaban J connectivity index is 1.56. The summed E-state index contributed by atoms with van der Waals surface area (Å²) >= 11 is 0. The summed E-state index contributed by atoms with van der Waals surface area (Å²) in [6.45, 7) is 2.69. The van der Waals surface area contributed by atoms with Gasteiger partial charge in [0.15, 0.2) is 17.6 Å². The van der Waals surface area contributed by atoms with Crippen molar-refractivity contribution in [3.8, 4) is 17.2 Å². The fourth-order valence-electron chi connectivity index (χ4n) is 4.92. The minimum atomic E-state index is -0.978. The molecular weight excluding hydrogens is 472 g/mol. The van der Waals surface area contributed by atoms with Gasteiger partial charge in [0.25, 0.3) is 5.91 Å². The minimum Gasteiger partial charge on any atom is -0.495 e. The largest absolute Gasteiger partial charge is 0.495 e. The van der Waals surface area contributed by atoms with Crippen molar-refractivity contribution in [2.24, 2.45) is 5.92 Å². The second-order valence-electron chi connectivity index (χ2n) is 8.95. The maximum Gasteiger partial charge on any atom is 0.266 e. The molecule has 2 amide bonds. The quantitative estimate of drug-likeness (QED) is 0.303. The summed E-state index contributed by atoms with van der Waals surface area (Å²) in [5, 5.41) is 1.66. The molecule has 0 saturated carbocycles. The zero-order valence-corrected chi connectivity index (χ0v) is 21.1. The Kier molecular flexibility index (Phi) is 7.01. The number of anilines is 2. The van der Waals surface area contributed by atoms with E-state index < -0.39 is 24.0 Å². The molecule has 2 aliphatic rings. The number of carbonyl (C=O) groups excluding carboxylic acids is 2. The van der Waals surface area contributed by atoms with Gasteiger partial charge in [-0.1, -0.05) is 49.7 Å². The number of imide groups is 1. The second-order valence-corrected chi connectivity index (χ2v) is 8.95. The third-order valence-corrected chi connectivity index (χ3v) is 6.74. The summed E-state index contributed by atoms with van der Waals surface area (Å²) in [7, 11) is 3.10. The van der Waals surface area contributed by atoms with Gasteiger partial charge >= 0.3 is 0 Å². The van der Waals surface area contributed by atoms with Crippen molar-refractivity contribution in [3.63, 3.8) is 0 Å². The number of fused-ring (bicyclic) bond motifs is 1. The van der Waals surface area contributed by atoms with Crippen LogP contribution in [0, 0.1) is 5.92 Å². The Hall–Kier alpha value is -4.04. The van der Waals surface area contributed by atoms with E-state index in [1.165, 1.54) is 12.0 Å². The molecule has 8 heteroatoms. The first-order valence-electron chi connectivity index (χ1n) is 12.4. The normalized spacial score (nSPS) is 20.8. The van der Waals surface area contributed by atoms with Gasteiger partial charge in [0.1, 0.15) is 11.7 Å². The third-order valence-electron chi connectivity index (χ3n) is 6.74. The van der Waals surface area contributed by atoms with Crippen molar-refractivity contribution >= 4 is 23.2 Å². The fourth-order valence-corrected chi connectivity index (χ4v) is 4.92. The SMILES string of the molecule is CCCCOc1ccc(C2C3C(=O)N(c4ccccc4OC)C(=O)C3ON2c2ccccc2)cc1OC. The molecule has 2 fully saturated rings. The molecule has 2 saturated heterocycles. The molecule has 37 heavy (non-hydrogen) atoms. The van der Waals surface area contributed by atoms with Crippen molar-refractivity contribution in [2.75, 3.05) is 30.8 Å². The van der Waals surface area contributed by atoms with Gasteiger partial charge in [-0.15, -0.1) is 0 Å². The van der Waals surface area contributed by atoms with Crippen LogP contribution >= 0.6 is 0 Å². The van der Waals surface area contributed by atoms with Gasteiger partial charge in [0.2, 0.25) is 5.91 Å². The number of methoxy groups -OCH3 is 2. The van der Waals surface area contributed by atoms with Gasteiger partial charge in [-0.05, 0) is 48.4 Å². The Morgan fingerprint density at radius 3 is 2.30 bits per heavy atom. The van der Waals surface area contributed by atoms with Crippen LogP contribution < -0.4 is 24.2 Å². The average molecular weight is 503 g/mol. The standard InChI is InChI=1S/C29H30N2O6/c1-4-5-17-36-23-16-15-19(18-24(23)35-3)26-25-27(37-31(26)20-11-7-6-8-12-20)29(33)30(28(25)32)21-13-9-10-14-22(21)34-2/h6-16,18,25-27H,4-5,17H2,1-3H3. The molecule has 0 radical (unpaired) electrons. The summed E-state index contributed by atoms with van der Waals surface area (Å²) in [6, 6.07) is 21.5. The number of unbranched alkanes of at least 4 members (excludes halogenated alkanes) is 1. The molecule has 2 aliphatic heterocycles. The third kappa shape index (κ3) is 4.38. The molecule has 3 aromatic carbocycles. The van der Waals surface area contributed by atoms with E-state index in [0.717, 1.165) is 24.1 Å². The monoisotopic (exact) mass is 502 g/mol. The predicted molar refractivity (Wildman–Crippen MR) is 139 cm³/mol. The molecule has 3 aromatic rings. The van der Waals surface area contributed by atoms with E-state index >= 15 is 0 Å². The number of para-hydroxylation sites is 3. The van der Waals surface area contributed by atoms with E-state index in [4.69, 9.17) is 19.0 Å². The number of benzene rings is 3. The molecule has 2 heterocycles. The summed E-state index contributed by atoms with van der Waals surface area (Å²) < 4.78 is 17.0. The lowest BCUT2D eigenvalue weighted by atomic mass is 9.90. The molecular formula is C29H30N2O6. The maximum absolute atomic E-state index is 13.9. The first kappa shape index (κ1) is 24.6. The molecule has 3 unspecified atom stereocenters. The van der Waals surface area contributed by atoms with Crippen LogP contribution in [0.4, 0.5) is 11.4 Å². The molecule has 0 spiro atoms. The van der Waals surface area contributed by atoms with Gasteiger partial charge in [-0.2, -0.15) is 0 Å². The number of amides is 2. The van der Waals surface area contributed by atoms with Crippen molar-refractivity contribution < 1.29 is 28.6 Å². The highest BCUT2D eigenvalue weighted by Gasteiger charge is 2.60. The van der Waals surface area contributed by atoms with Crippen molar-refractivity contribution in [1.29, 1.82) is 0 Å². The summed E-state index contributed by atoms with van der Waals surface area (Å²) in [6.07, 6.45) is 0.977. The van der Waals surface area contributed by atoms with Crippen LogP contribution in [0.2, 0.25) is 0 Å². The van der Waals surface area contributed by atoms with Crippen LogP contribution in [-0.4, -0.2) is 38.7 Å². The summed E-state index contributed by atoms with van der Waals surface area (Å²) in [5.74, 6) is 0.0963. The van der Waals surface area contributed by atoms with Gasteiger partial charge in [-0.3, -0.25) is 14.4 Å². The van der Waals surface area contributed by atoms with E-state index in [1.807, 2.05) is 48.5 Å². The van der Waals surface area contributed by atoms with Crippen LogP contribution in [0.25, 0.3) is 0 Å². The first-order valence-corrected chi connectivity index (χ1v) is 12.4. The molecule has 3 atom stereocenters. The maximum atomic E-state index is 13.9. The van der Waals surface area contributed by atoms with Gasteiger partial charge in [0, 0.05) is 0 Å². The lowest BCUT2D eigenvalue weighted by molar-refractivity contribution is -0.126. The number of ether oxygens (including phenoxy) is 3. The molecule has 192 valence electrons. The zero-order chi connectivity index (χ0) is 25.9. The van der Waals surface area contributed by atoms with E-state index in [0.29, 0.717) is 29.5 Å². The van der Waals surface area contributed by atoms with Crippen LogP contribution in [0.3, 0.4) is 0 Å². The highest BCUT2D eigenvalue weighted by Crippen LogP contribution is 2.49. The first-order chi connectivity index (χ1) is 18.1. The number of rotatable bonds is 9. The lowest BCUT2D eigenvalue weighted by Gasteiger charge is -2.29. The number of carbonyl (C=O) groups is 2. The van der Waals surface area contributed by atoms with Crippen molar-refractivity contribution in [1.82, 2.24) is 0 Å². The van der Waals surface area contributed by atoms with Crippen LogP contribution in [0.1, 0.15) is 31.4 Å². The van der Waals surface area contributed by atoms with Crippen molar-refractivity contribution in [3.05, 3.63) is 78.4 Å². The topological polar surface area (TPSA) is 77.5 Å². The smallest absolute Gasteiger partial charge is 0.266 e.